The Bertz CT molecular complexity index is 902. The van der Waals surface area contributed by atoms with E-state index in [1.807, 2.05) is 62.5 Å². The lowest BCUT2D eigenvalue weighted by atomic mass is 10.0. The number of rotatable bonds is 5. The number of para-hydroxylation sites is 1. The maximum Gasteiger partial charge on any atom is 0.319 e. The Hall–Kier alpha value is -3.28. The van der Waals surface area contributed by atoms with E-state index in [0.717, 1.165) is 10.9 Å². The second-order valence-corrected chi connectivity index (χ2v) is 6.42. The van der Waals surface area contributed by atoms with Gasteiger partial charge < -0.3 is 20.9 Å². The zero-order valence-electron chi connectivity index (χ0n) is 14.7. The summed E-state index contributed by atoms with van der Waals surface area (Å²) in [5.74, 6) is -0.320. The standard InChI is InChI=1S/C20H22N4O2/c1-13(2)18(24-20(26)22-14-7-4-3-5-8-14)19(25)23-17-10-6-9-16-15(17)11-12-21-16/h3-13,18,21H,1-2H3,(H,23,25)(H2,22,24,26). The summed E-state index contributed by atoms with van der Waals surface area (Å²) in [6.45, 7) is 3.79. The van der Waals surface area contributed by atoms with Crippen LogP contribution in [0.5, 0.6) is 0 Å². The Morgan fingerprint density at radius 2 is 1.69 bits per heavy atom. The van der Waals surface area contributed by atoms with Crippen LogP contribution >= 0.6 is 0 Å². The SMILES string of the molecule is CC(C)C(NC(=O)Nc1ccccc1)C(=O)Nc1cccc2[nH]ccc12. The van der Waals surface area contributed by atoms with Crippen LogP contribution < -0.4 is 16.0 Å². The van der Waals surface area contributed by atoms with E-state index >= 15 is 0 Å². The number of hydrogen-bond donors (Lipinski definition) is 4. The zero-order chi connectivity index (χ0) is 18.5. The highest BCUT2D eigenvalue weighted by molar-refractivity contribution is 6.04. The molecule has 1 heterocycles. The summed E-state index contributed by atoms with van der Waals surface area (Å²) in [6, 6.07) is 15.6. The summed E-state index contributed by atoms with van der Waals surface area (Å²) >= 11 is 0. The lowest BCUT2D eigenvalue weighted by Crippen LogP contribution is -2.48. The van der Waals surface area contributed by atoms with Gasteiger partial charge in [0.05, 0.1) is 5.69 Å². The van der Waals surface area contributed by atoms with Crippen LogP contribution in [0.2, 0.25) is 0 Å². The molecule has 1 atom stereocenters. The van der Waals surface area contributed by atoms with Crippen molar-refractivity contribution in [1.29, 1.82) is 0 Å². The molecule has 3 rings (SSSR count). The van der Waals surface area contributed by atoms with Gasteiger partial charge in [0, 0.05) is 22.8 Å². The number of anilines is 2. The highest BCUT2D eigenvalue weighted by Crippen LogP contribution is 2.22. The van der Waals surface area contributed by atoms with Crippen molar-refractivity contribution in [3.05, 3.63) is 60.8 Å². The molecule has 0 spiro atoms. The molecule has 6 heteroatoms. The Morgan fingerprint density at radius 3 is 2.42 bits per heavy atom. The Kier molecular flexibility index (Phi) is 5.22. The van der Waals surface area contributed by atoms with Crippen LogP contribution in [-0.4, -0.2) is 23.0 Å². The number of urea groups is 1. The minimum atomic E-state index is -0.659. The molecular weight excluding hydrogens is 328 g/mol. The predicted molar refractivity (Wildman–Crippen MR) is 104 cm³/mol. The van der Waals surface area contributed by atoms with E-state index in [0.29, 0.717) is 11.4 Å². The third kappa shape index (κ3) is 4.03. The van der Waals surface area contributed by atoms with Crippen molar-refractivity contribution >= 4 is 34.2 Å². The van der Waals surface area contributed by atoms with Crippen LogP contribution in [-0.2, 0) is 4.79 Å². The van der Waals surface area contributed by atoms with Gasteiger partial charge in [-0.25, -0.2) is 4.79 Å². The van der Waals surface area contributed by atoms with Gasteiger partial charge in [-0.1, -0.05) is 38.1 Å². The van der Waals surface area contributed by atoms with Gasteiger partial charge in [-0.15, -0.1) is 0 Å². The third-order valence-electron chi connectivity index (χ3n) is 4.12. The van der Waals surface area contributed by atoms with Gasteiger partial charge in [0.1, 0.15) is 6.04 Å². The number of amides is 3. The quantitative estimate of drug-likeness (QED) is 0.561. The van der Waals surface area contributed by atoms with Crippen LogP contribution in [0.4, 0.5) is 16.2 Å². The molecule has 1 aromatic heterocycles. The Labute approximate surface area is 152 Å². The summed E-state index contributed by atoms with van der Waals surface area (Å²) in [6.07, 6.45) is 1.83. The number of nitrogens with one attached hydrogen (secondary N) is 4. The van der Waals surface area contributed by atoms with Crippen molar-refractivity contribution in [2.24, 2.45) is 5.92 Å². The number of H-pyrrole nitrogens is 1. The lowest BCUT2D eigenvalue weighted by molar-refractivity contribution is -0.118. The molecule has 134 valence electrons. The molecule has 3 amide bonds. The summed E-state index contributed by atoms with van der Waals surface area (Å²) in [7, 11) is 0. The molecular formula is C20H22N4O2. The van der Waals surface area contributed by atoms with Gasteiger partial charge in [-0.2, -0.15) is 0 Å². The van der Waals surface area contributed by atoms with Crippen molar-refractivity contribution in [2.45, 2.75) is 19.9 Å². The number of carbonyl (C=O) groups excluding carboxylic acids is 2. The second-order valence-electron chi connectivity index (χ2n) is 6.42. The van der Waals surface area contributed by atoms with Crippen LogP contribution in [0.3, 0.4) is 0 Å². The van der Waals surface area contributed by atoms with E-state index in [9.17, 15) is 9.59 Å². The molecule has 3 aromatic rings. The largest absolute Gasteiger partial charge is 0.361 e. The van der Waals surface area contributed by atoms with E-state index < -0.39 is 12.1 Å². The summed E-state index contributed by atoms with van der Waals surface area (Å²) in [4.78, 5) is 28.1. The molecule has 0 saturated carbocycles. The normalized spacial score (nSPS) is 12.0. The molecule has 0 aliphatic carbocycles. The van der Waals surface area contributed by atoms with Gasteiger partial charge in [0.2, 0.25) is 5.91 Å². The zero-order valence-corrected chi connectivity index (χ0v) is 14.7. The third-order valence-corrected chi connectivity index (χ3v) is 4.12. The highest BCUT2D eigenvalue weighted by atomic mass is 16.2. The number of benzene rings is 2. The van der Waals surface area contributed by atoms with Crippen LogP contribution in [0.1, 0.15) is 13.8 Å². The van der Waals surface area contributed by atoms with Crippen molar-refractivity contribution in [1.82, 2.24) is 10.3 Å². The van der Waals surface area contributed by atoms with Gasteiger partial charge in [-0.3, -0.25) is 4.79 Å². The summed E-state index contributed by atoms with van der Waals surface area (Å²) < 4.78 is 0. The first-order chi connectivity index (χ1) is 12.5. The smallest absolute Gasteiger partial charge is 0.319 e. The summed E-state index contributed by atoms with van der Waals surface area (Å²) in [5.41, 5.74) is 2.33. The first-order valence-corrected chi connectivity index (χ1v) is 8.54. The maximum absolute atomic E-state index is 12.7. The molecule has 0 aliphatic heterocycles. The van der Waals surface area contributed by atoms with Gasteiger partial charge in [0.25, 0.3) is 0 Å². The van der Waals surface area contributed by atoms with E-state index in [4.69, 9.17) is 0 Å². The molecule has 26 heavy (non-hydrogen) atoms. The lowest BCUT2D eigenvalue weighted by Gasteiger charge is -2.22. The fraction of sp³-hybridized carbons (Fsp3) is 0.200. The average molecular weight is 350 g/mol. The van der Waals surface area contributed by atoms with Crippen molar-refractivity contribution < 1.29 is 9.59 Å². The molecule has 0 bridgehead atoms. The summed E-state index contributed by atoms with van der Waals surface area (Å²) in [5, 5.41) is 9.34. The van der Waals surface area contributed by atoms with E-state index in [1.165, 1.54) is 0 Å². The molecule has 0 radical (unpaired) electrons. The number of hydrogen-bond acceptors (Lipinski definition) is 2. The van der Waals surface area contributed by atoms with E-state index in [2.05, 4.69) is 20.9 Å². The first kappa shape index (κ1) is 17.5. The van der Waals surface area contributed by atoms with E-state index in [-0.39, 0.29) is 11.8 Å². The molecule has 0 saturated heterocycles. The minimum absolute atomic E-state index is 0.0676. The van der Waals surface area contributed by atoms with Crippen LogP contribution in [0.15, 0.2) is 60.8 Å². The number of aromatic nitrogens is 1. The molecule has 0 fully saturated rings. The fourth-order valence-electron chi connectivity index (χ4n) is 2.77. The minimum Gasteiger partial charge on any atom is -0.361 e. The number of carbonyl (C=O) groups is 2. The Morgan fingerprint density at radius 1 is 0.923 bits per heavy atom. The number of aromatic amines is 1. The van der Waals surface area contributed by atoms with Gasteiger partial charge >= 0.3 is 6.03 Å². The molecule has 6 nitrogen and oxygen atoms in total. The molecule has 0 aliphatic rings. The topological polar surface area (TPSA) is 86.0 Å². The van der Waals surface area contributed by atoms with Gasteiger partial charge in [0.15, 0.2) is 0 Å². The first-order valence-electron chi connectivity index (χ1n) is 8.54. The van der Waals surface area contributed by atoms with Gasteiger partial charge in [-0.05, 0) is 36.2 Å². The molecule has 2 aromatic carbocycles. The average Bonchev–Trinajstić information content (AvgIpc) is 3.10. The van der Waals surface area contributed by atoms with Crippen molar-refractivity contribution in [3.63, 3.8) is 0 Å². The van der Waals surface area contributed by atoms with Crippen LogP contribution in [0, 0.1) is 5.92 Å². The fourth-order valence-corrected chi connectivity index (χ4v) is 2.77. The second kappa shape index (κ2) is 7.74. The molecule has 1 unspecified atom stereocenters. The predicted octanol–water partition coefficient (Wildman–Crippen LogP) is 3.95. The van der Waals surface area contributed by atoms with Crippen molar-refractivity contribution in [2.75, 3.05) is 10.6 Å². The maximum atomic E-state index is 12.7. The van der Waals surface area contributed by atoms with Crippen molar-refractivity contribution in [3.8, 4) is 0 Å². The highest BCUT2D eigenvalue weighted by Gasteiger charge is 2.24. The Balaban J connectivity index is 1.70. The monoisotopic (exact) mass is 350 g/mol. The number of fused-ring (bicyclic) bond motifs is 1. The van der Waals surface area contributed by atoms with E-state index in [1.54, 1.807) is 12.1 Å². The molecule has 4 N–H and O–H groups in total. The van der Waals surface area contributed by atoms with Crippen LogP contribution in [0.25, 0.3) is 10.9 Å².